The molecule has 1 fully saturated rings. The van der Waals surface area contributed by atoms with Gasteiger partial charge in [-0.3, -0.25) is 0 Å². The highest BCUT2D eigenvalue weighted by molar-refractivity contribution is 7.90. The minimum Gasteiger partial charge on any atom is -0.331 e. The maximum atomic E-state index is 11.6. The Bertz CT molecular complexity index is 743. The third-order valence-electron chi connectivity index (χ3n) is 3.96. The van der Waals surface area contributed by atoms with E-state index in [0.717, 1.165) is 29.8 Å². The second-order valence-electron chi connectivity index (χ2n) is 5.51. The Morgan fingerprint density at radius 2 is 2.25 bits per heavy atom. The van der Waals surface area contributed by atoms with Crippen molar-refractivity contribution in [2.45, 2.75) is 30.2 Å². The minimum atomic E-state index is -3.18. The van der Waals surface area contributed by atoms with Crippen LogP contribution in [0.25, 0.3) is 11.0 Å². The van der Waals surface area contributed by atoms with E-state index in [-0.39, 0.29) is 0 Å². The van der Waals surface area contributed by atoms with Crippen molar-refractivity contribution in [3.8, 4) is 0 Å². The van der Waals surface area contributed by atoms with Crippen molar-refractivity contribution in [2.24, 2.45) is 7.05 Å². The van der Waals surface area contributed by atoms with Crippen LogP contribution < -0.4 is 5.32 Å². The molecule has 1 aromatic heterocycles. The zero-order valence-electron chi connectivity index (χ0n) is 11.8. The summed E-state index contributed by atoms with van der Waals surface area (Å²) in [7, 11) is -1.20. The summed E-state index contributed by atoms with van der Waals surface area (Å²) in [5.74, 6) is 1.00. The topological polar surface area (TPSA) is 64.0 Å². The van der Waals surface area contributed by atoms with Crippen molar-refractivity contribution in [3.63, 3.8) is 0 Å². The molecular formula is C14H19N3O2S. The van der Waals surface area contributed by atoms with E-state index in [1.54, 1.807) is 12.1 Å². The molecule has 5 nitrogen and oxygen atoms in total. The summed E-state index contributed by atoms with van der Waals surface area (Å²) in [5.41, 5.74) is 1.73. The summed E-state index contributed by atoms with van der Waals surface area (Å²) in [6.45, 7) is 1.08. The molecule has 1 aromatic carbocycles. The maximum Gasteiger partial charge on any atom is 0.175 e. The molecule has 1 atom stereocenters. The Morgan fingerprint density at radius 1 is 1.45 bits per heavy atom. The van der Waals surface area contributed by atoms with Gasteiger partial charge in [0.25, 0.3) is 0 Å². The lowest BCUT2D eigenvalue weighted by atomic mass is 10.1. The van der Waals surface area contributed by atoms with Crippen LogP contribution in [0.4, 0.5) is 0 Å². The number of benzene rings is 1. The molecule has 1 aliphatic heterocycles. The fraction of sp³-hybridized carbons (Fsp3) is 0.500. The number of imidazole rings is 1. The zero-order chi connectivity index (χ0) is 14.3. The summed E-state index contributed by atoms with van der Waals surface area (Å²) < 4.78 is 25.3. The molecule has 6 heteroatoms. The van der Waals surface area contributed by atoms with E-state index >= 15 is 0 Å². The fourth-order valence-electron chi connectivity index (χ4n) is 2.79. The molecule has 0 saturated carbocycles. The lowest BCUT2D eigenvalue weighted by Gasteiger charge is -2.09. The quantitative estimate of drug-likeness (QED) is 0.925. The number of hydrogen-bond donors (Lipinski definition) is 1. The van der Waals surface area contributed by atoms with Gasteiger partial charge < -0.3 is 9.88 Å². The number of aromatic nitrogens is 2. The first-order chi connectivity index (χ1) is 9.45. The molecular weight excluding hydrogens is 274 g/mol. The summed E-state index contributed by atoms with van der Waals surface area (Å²) in [5, 5.41) is 3.46. The van der Waals surface area contributed by atoms with Gasteiger partial charge in [-0.05, 0) is 37.6 Å². The molecule has 0 radical (unpaired) electrons. The van der Waals surface area contributed by atoms with E-state index in [2.05, 4.69) is 14.9 Å². The van der Waals surface area contributed by atoms with E-state index in [9.17, 15) is 8.42 Å². The van der Waals surface area contributed by atoms with Crippen LogP contribution in [0.2, 0.25) is 0 Å². The van der Waals surface area contributed by atoms with Gasteiger partial charge in [0.15, 0.2) is 9.84 Å². The first kappa shape index (κ1) is 13.6. The fourth-order valence-corrected chi connectivity index (χ4v) is 3.43. The van der Waals surface area contributed by atoms with Gasteiger partial charge in [0, 0.05) is 25.8 Å². The standard InChI is InChI=1S/C14H19N3O2S/c1-17-13-6-5-11(20(2,18)19)9-12(13)16-14(17)8-10-4-3-7-15-10/h5-6,9-10,15H,3-4,7-8H2,1-2H3. The molecule has 2 aromatic rings. The molecule has 0 amide bonds. The van der Waals surface area contributed by atoms with E-state index < -0.39 is 9.84 Å². The number of nitrogens with one attached hydrogen (secondary N) is 1. The molecule has 2 heterocycles. The highest BCUT2D eigenvalue weighted by Gasteiger charge is 2.18. The molecule has 1 N–H and O–H groups in total. The van der Waals surface area contributed by atoms with Crippen LogP contribution >= 0.6 is 0 Å². The molecule has 108 valence electrons. The van der Waals surface area contributed by atoms with Gasteiger partial charge in [0.1, 0.15) is 5.82 Å². The molecule has 3 rings (SSSR count). The second kappa shape index (κ2) is 4.86. The largest absolute Gasteiger partial charge is 0.331 e. The van der Waals surface area contributed by atoms with Gasteiger partial charge in [-0.1, -0.05) is 0 Å². The summed E-state index contributed by atoms with van der Waals surface area (Å²) >= 11 is 0. The van der Waals surface area contributed by atoms with E-state index in [0.29, 0.717) is 10.9 Å². The predicted octanol–water partition coefficient (Wildman–Crippen LogP) is 1.27. The van der Waals surface area contributed by atoms with Gasteiger partial charge in [-0.2, -0.15) is 0 Å². The summed E-state index contributed by atoms with van der Waals surface area (Å²) in [6, 6.07) is 5.64. The number of fused-ring (bicyclic) bond motifs is 1. The molecule has 1 saturated heterocycles. The molecule has 0 aliphatic carbocycles. The molecule has 0 bridgehead atoms. The lowest BCUT2D eigenvalue weighted by molar-refractivity contribution is 0.575. The Morgan fingerprint density at radius 3 is 2.90 bits per heavy atom. The van der Waals surface area contributed by atoms with Crippen molar-refractivity contribution in [3.05, 3.63) is 24.0 Å². The lowest BCUT2D eigenvalue weighted by Crippen LogP contribution is -2.25. The highest BCUT2D eigenvalue weighted by atomic mass is 32.2. The van der Waals surface area contributed by atoms with Gasteiger partial charge in [-0.15, -0.1) is 0 Å². The maximum absolute atomic E-state index is 11.6. The number of aryl methyl sites for hydroxylation is 1. The zero-order valence-corrected chi connectivity index (χ0v) is 12.6. The smallest absolute Gasteiger partial charge is 0.175 e. The van der Waals surface area contributed by atoms with Gasteiger partial charge >= 0.3 is 0 Å². The third kappa shape index (κ3) is 2.45. The SMILES string of the molecule is Cn1c(CC2CCCN2)nc2cc(S(C)(=O)=O)ccc21. The average molecular weight is 293 g/mol. The molecule has 20 heavy (non-hydrogen) atoms. The van der Waals surface area contributed by atoms with Gasteiger partial charge in [-0.25, -0.2) is 13.4 Å². The minimum absolute atomic E-state index is 0.327. The normalized spacial score (nSPS) is 19.8. The van der Waals surface area contributed by atoms with Crippen molar-refractivity contribution < 1.29 is 8.42 Å². The van der Waals surface area contributed by atoms with E-state index in [1.807, 2.05) is 13.1 Å². The Kier molecular flexibility index (Phi) is 3.30. The third-order valence-corrected chi connectivity index (χ3v) is 5.07. The van der Waals surface area contributed by atoms with E-state index in [4.69, 9.17) is 0 Å². The molecule has 1 unspecified atom stereocenters. The van der Waals surface area contributed by atoms with Gasteiger partial charge in [0.05, 0.1) is 15.9 Å². The van der Waals surface area contributed by atoms with Gasteiger partial charge in [0.2, 0.25) is 0 Å². The first-order valence-corrected chi connectivity index (χ1v) is 8.73. The number of rotatable bonds is 3. The Balaban J connectivity index is 2.00. The van der Waals surface area contributed by atoms with Crippen LogP contribution in [0.1, 0.15) is 18.7 Å². The molecule has 1 aliphatic rings. The van der Waals surface area contributed by atoms with Crippen molar-refractivity contribution >= 4 is 20.9 Å². The Hall–Kier alpha value is -1.40. The summed E-state index contributed by atoms with van der Waals surface area (Å²) in [6.07, 6.45) is 4.50. The van der Waals surface area contributed by atoms with Crippen LogP contribution in [0.15, 0.2) is 23.1 Å². The number of sulfone groups is 1. The first-order valence-electron chi connectivity index (χ1n) is 6.84. The monoisotopic (exact) mass is 293 g/mol. The predicted molar refractivity (Wildman–Crippen MR) is 78.6 cm³/mol. The van der Waals surface area contributed by atoms with Crippen LogP contribution in [-0.4, -0.2) is 36.8 Å². The van der Waals surface area contributed by atoms with Crippen LogP contribution in [-0.2, 0) is 23.3 Å². The van der Waals surface area contributed by atoms with Crippen LogP contribution in [0.3, 0.4) is 0 Å². The second-order valence-corrected chi connectivity index (χ2v) is 7.52. The average Bonchev–Trinajstić information content (AvgIpc) is 2.98. The van der Waals surface area contributed by atoms with Crippen LogP contribution in [0.5, 0.6) is 0 Å². The van der Waals surface area contributed by atoms with E-state index in [1.165, 1.54) is 19.1 Å². The number of nitrogens with zero attached hydrogens (tertiary/aromatic N) is 2. The Labute approximate surface area is 118 Å². The highest BCUT2D eigenvalue weighted by Crippen LogP contribution is 2.21. The summed E-state index contributed by atoms with van der Waals surface area (Å²) in [4.78, 5) is 4.94. The van der Waals surface area contributed by atoms with Crippen molar-refractivity contribution in [1.82, 2.24) is 14.9 Å². The molecule has 0 spiro atoms. The van der Waals surface area contributed by atoms with Crippen molar-refractivity contribution in [2.75, 3.05) is 12.8 Å². The number of hydrogen-bond acceptors (Lipinski definition) is 4. The van der Waals surface area contributed by atoms with Crippen molar-refractivity contribution in [1.29, 1.82) is 0 Å². The van der Waals surface area contributed by atoms with Crippen LogP contribution in [0, 0.1) is 0 Å².